The van der Waals surface area contributed by atoms with E-state index in [-0.39, 0.29) is 28.0 Å². The molecule has 1 amide bonds. The number of hydrogen-bond acceptors (Lipinski definition) is 4. The highest BCUT2D eigenvalue weighted by Gasteiger charge is 2.40. The normalized spacial score (nSPS) is 12.9. The summed E-state index contributed by atoms with van der Waals surface area (Å²) in [5.41, 5.74) is -4.33. The number of nitrogens with zero attached hydrogens (tertiary/aromatic N) is 3. The molecule has 0 aliphatic rings. The Morgan fingerprint density at radius 2 is 1.46 bits per heavy atom. The Morgan fingerprint density at radius 1 is 0.964 bits per heavy atom. The molecule has 154 valence electrons. The lowest BCUT2D eigenvalue weighted by Crippen LogP contribution is -2.31. The van der Waals surface area contributed by atoms with E-state index in [0.717, 1.165) is 11.8 Å². The van der Waals surface area contributed by atoms with Gasteiger partial charge in [-0.3, -0.25) is 10.1 Å². The summed E-state index contributed by atoms with van der Waals surface area (Å²) in [4.78, 5) is 14.5. The molecule has 0 aliphatic carbocycles. The van der Waals surface area contributed by atoms with Crippen molar-refractivity contribution in [1.29, 1.82) is 0 Å². The number of nitrogens with one attached hydrogen (secondary N) is 1. The first-order chi connectivity index (χ1) is 12.6. The minimum atomic E-state index is -5.37. The van der Waals surface area contributed by atoms with Crippen molar-refractivity contribution in [2.45, 2.75) is 23.7 Å². The molecule has 0 spiro atoms. The monoisotopic (exact) mass is 438 g/mol. The number of alkyl halides is 9. The highest BCUT2D eigenvalue weighted by atomic mass is 32.2. The molecular formula is C13H7F9N4OS. The summed E-state index contributed by atoms with van der Waals surface area (Å²) in [6.07, 6.45) is -14.4. The van der Waals surface area contributed by atoms with Crippen molar-refractivity contribution in [3.05, 3.63) is 29.3 Å². The van der Waals surface area contributed by atoms with Crippen LogP contribution in [-0.4, -0.2) is 33.1 Å². The van der Waals surface area contributed by atoms with Gasteiger partial charge in [-0.1, -0.05) is 11.8 Å². The average molecular weight is 438 g/mol. The van der Waals surface area contributed by atoms with E-state index in [1.54, 1.807) is 0 Å². The fourth-order valence-corrected chi connectivity index (χ4v) is 2.21. The highest BCUT2D eigenvalue weighted by Crippen LogP contribution is 2.37. The van der Waals surface area contributed by atoms with Crippen molar-refractivity contribution in [3.8, 4) is 5.69 Å². The van der Waals surface area contributed by atoms with Gasteiger partial charge in [-0.15, -0.1) is 5.10 Å². The molecule has 0 saturated carbocycles. The van der Waals surface area contributed by atoms with E-state index in [1.165, 1.54) is 11.6 Å². The Kier molecular flexibility index (Phi) is 5.60. The second-order valence-electron chi connectivity index (χ2n) is 5.05. The van der Waals surface area contributed by atoms with Crippen molar-refractivity contribution in [1.82, 2.24) is 14.8 Å². The Labute approximate surface area is 153 Å². The van der Waals surface area contributed by atoms with Gasteiger partial charge in [-0.2, -0.15) is 49.2 Å². The van der Waals surface area contributed by atoms with Gasteiger partial charge in [0, 0.05) is 0 Å². The maximum absolute atomic E-state index is 13.0. The molecule has 0 radical (unpaired) electrons. The molecule has 1 aromatic heterocycles. The number of thioether (sulfide) groups is 1. The van der Waals surface area contributed by atoms with Gasteiger partial charge >= 0.3 is 24.4 Å². The SMILES string of the molecule is CSc1nc(NC(=O)C(F)(F)F)n(-c2cc(C(F)(F)F)cc(C(F)(F)F)c2)n1. The van der Waals surface area contributed by atoms with Crippen LogP contribution in [0.15, 0.2) is 23.4 Å². The number of amides is 1. The van der Waals surface area contributed by atoms with Gasteiger partial charge in [0.1, 0.15) is 0 Å². The zero-order chi connectivity index (χ0) is 21.5. The molecule has 1 heterocycles. The van der Waals surface area contributed by atoms with Crippen molar-refractivity contribution in [2.24, 2.45) is 0 Å². The zero-order valence-electron chi connectivity index (χ0n) is 13.3. The Hall–Kier alpha value is -2.45. The fraction of sp³-hybridized carbons (Fsp3) is 0.308. The summed E-state index contributed by atoms with van der Waals surface area (Å²) in [6, 6.07) is 0.304. The van der Waals surface area contributed by atoms with Crippen molar-refractivity contribution in [2.75, 3.05) is 11.6 Å². The lowest BCUT2D eigenvalue weighted by Gasteiger charge is -2.15. The predicted molar refractivity (Wildman–Crippen MR) is 77.8 cm³/mol. The molecule has 2 rings (SSSR count). The summed E-state index contributed by atoms with van der Waals surface area (Å²) in [6.45, 7) is 0. The third-order valence-electron chi connectivity index (χ3n) is 3.07. The molecule has 1 aromatic carbocycles. The Balaban J connectivity index is 2.66. The summed E-state index contributed by atoms with van der Waals surface area (Å²) in [5.74, 6) is -3.53. The number of aromatic nitrogens is 3. The van der Waals surface area contributed by atoms with Gasteiger partial charge in [0.15, 0.2) is 0 Å². The van der Waals surface area contributed by atoms with Crippen LogP contribution < -0.4 is 5.32 Å². The molecule has 5 nitrogen and oxygen atoms in total. The number of rotatable bonds is 3. The molecular weight excluding hydrogens is 431 g/mol. The molecule has 2 aromatic rings. The van der Waals surface area contributed by atoms with Gasteiger partial charge in [0.25, 0.3) is 0 Å². The topological polar surface area (TPSA) is 59.8 Å². The number of benzene rings is 1. The van der Waals surface area contributed by atoms with Crippen LogP contribution in [0.5, 0.6) is 0 Å². The van der Waals surface area contributed by atoms with Gasteiger partial charge in [-0.25, -0.2) is 0 Å². The number of hydrogen-bond donors (Lipinski definition) is 1. The molecule has 0 aliphatic heterocycles. The van der Waals surface area contributed by atoms with Crippen molar-refractivity contribution >= 4 is 23.6 Å². The van der Waals surface area contributed by atoms with E-state index in [2.05, 4.69) is 10.1 Å². The molecule has 1 N–H and O–H groups in total. The van der Waals surface area contributed by atoms with E-state index in [0.29, 0.717) is 0 Å². The van der Waals surface area contributed by atoms with Gasteiger partial charge in [0.05, 0.1) is 16.8 Å². The van der Waals surface area contributed by atoms with Crippen LogP contribution >= 0.6 is 11.8 Å². The molecule has 0 bridgehead atoms. The van der Waals surface area contributed by atoms with E-state index in [1.807, 2.05) is 0 Å². The molecule has 0 saturated heterocycles. The maximum Gasteiger partial charge on any atom is 0.471 e. The quantitative estimate of drug-likeness (QED) is 0.565. The molecule has 0 unspecified atom stereocenters. The van der Waals surface area contributed by atoms with E-state index >= 15 is 0 Å². The molecule has 0 fully saturated rings. The second kappa shape index (κ2) is 7.18. The number of anilines is 1. The molecule has 15 heteroatoms. The van der Waals surface area contributed by atoms with E-state index in [4.69, 9.17) is 0 Å². The van der Waals surface area contributed by atoms with Crippen molar-refractivity contribution in [3.63, 3.8) is 0 Å². The van der Waals surface area contributed by atoms with Crippen LogP contribution in [0.4, 0.5) is 45.5 Å². The van der Waals surface area contributed by atoms with Crippen LogP contribution in [0.2, 0.25) is 0 Å². The summed E-state index contributed by atoms with van der Waals surface area (Å²) in [5, 5.41) is 4.50. The van der Waals surface area contributed by atoms with Gasteiger partial charge in [-0.05, 0) is 24.5 Å². The summed E-state index contributed by atoms with van der Waals surface area (Å²) in [7, 11) is 0. The first kappa shape index (κ1) is 21.8. The number of carbonyl (C=O) groups is 1. The predicted octanol–water partition coefficient (Wildman–Crippen LogP) is 4.53. The van der Waals surface area contributed by atoms with Gasteiger partial charge in [0.2, 0.25) is 11.1 Å². The first-order valence-electron chi connectivity index (χ1n) is 6.82. The van der Waals surface area contributed by atoms with E-state index in [9.17, 15) is 44.3 Å². The third-order valence-corrected chi connectivity index (χ3v) is 3.61. The Bertz CT molecular complexity index is 853. The zero-order valence-corrected chi connectivity index (χ0v) is 14.1. The second-order valence-corrected chi connectivity index (χ2v) is 5.82. The lowest BCUT2D eigenvalue weighted by atomic mass is 10.1. The third kappa shape index (κ3) is 4.88. The molecule has 28 heavy (non-hydrogen) atoms. The minimum Gasteiger partial charge on any atom is -0.286 e. The highest BCUT2D eigenvalue weighted by molar-refractivity contribution is 7.98. The van der Waals surface area contributed by atoms with Crippen LogP contribution in [0, 0.1) is 0 Å². The van der Waals surface area contributed by atoms with Gasteiger partial charge < -0.3 is 0 Å². The van der Waals surface area contributed by atoms with Crippen LogP contribution in [0.1, 0.15) is 11.1 Å². The van der Waals surface area contributed by atoms with Crippen LogP contribution in [0.3, 0.4) is 0 Å². The number of carbonyl (C=O) groups excluding carboxylic acids is 1. The van der Waals surface area contributed by atoms with E-state index < -0.39 is 47.2 Å². The average Bonchev–Trinajstić information content (AvgIpc) is 2.95. The molecule has 0 atom stereocenters. The largest absolute Gasteiger partial charge is 0.471 e. The van der Waals surface area contributed by atoms with Crippen LogP contribution in [0.25, 0.3) is 5.69 Å². The maximum atomic E-state index is 13.0. The van der Waals surface area contributed by atoms with Crippen LogP contribution in [-0.2, 0) is 17.1 Å². The summed E-state index contributed by atoms with van der Waals surface area (Å²) >= 11 is 0.732. The lowest BCUT2D eigenvalue weighted by molar-refractivity contribution is -0.167. The fourth-order valence-electron chi connectivity index (χ4n) is 1.87. The number of halogens is 9. The van der Waals surface area contributed by atoms with Crippen molar-refractivity contribution < 1.29 is 44.3 Å². The standard InChI is InChI=1S/C13H7F9N4OS/c1-28-10-24-9(23-8(27)13(20,21)22)26(25-10)7-3-5(11(14,15)16)2-6(4-7)12(17,18)19/h2-4H,1H3,(H,23,24,25,27). The Morgan fingerprint density at radius 3 is 1.86 bits per heavy atom. The first-order valence-corrected chi connectivity index (χ1v) is 8.04. The smallest absolute Gasteiger partial charge is 0.286 e. The minimum absolute atomic E-state index is 0.163. The summed E-state index contributed by atoms with van der Waals surface area (Å²) < 4.78 is 115.